The molecule has 0 rings (SSSR count). The van der Waals surface area contributed by atoms with Crippen molar-refractivity contribution < 1.29 is 80.2 Å². The predicted molar refractivity (Wildman–Crippen MR) is 368 cm³/mol. The Hall–Kier alpha value is -1.94. The van der Waals surface area contributed by atoms with Gasteiger partial charge in [0.2, 0.25) is 0 Å². The Morgan fingerprint density at radius 2 is 0.440 bits per heavy atom. The van der Waals surface area contributed by atoms with Gasteiger partial charge in [0, 0.05) is 25.7 Å². The minimum atomic E-state index is -4.95. The zero-order chi connectivity index (χ0) is 66.8. The molecule has 0 radical (unpaired) electrons. The fourth-order valence-electron chi connectivity index (χ4n) is 11.0. The smallest absolute Gasteiger partial charge is 0.462 e. The molecule has 0 aromatic carbocycles. The molecule has 0 bridgehead atoms. The lowest BCUT2D eigenvalue weighted by atomic mass is 10.0. The van der Waals surface area contributed by atoms with Gasteiger partial charge in [0.05, 0.1) is 26.4 Å². The van der Waals surface area contributed by atoms with Gasteiger partial charge < -0.3 is 33.8 Å². The lowest BCUT2D eigenvalue weighted by Crippen LogP contribution is -2.30. The minimum absolute atomic E-state index is 0.108. The summed E-state index contributed by atoms with van der Waals surface area (Å²) in [6.45, 7) is 4.96. The molecule has 0 aromatic heterocycles. The van der Waals surface area contributed by atoms with E-state index in [1.54, 1.807) is 0 Å². The predicted octanol–water partition coefficient (Wildman–Crippen LogP) is 21.1. The molecule has 0 aromatic rings. The summed E-state index contributed by atoms with van der Waals surface area (Å²) in [6.07, 6.45) is 55.3. The first-order valence-electron chi connectivity index (χ1n) is 37.8. The number of ether oxygens (including phenoxy) is 4. The first-order chi connectivity index (χ1) is 44.2. The second-order valence-electron chi connectivity index (χ2n) is 26.0. The molecule has 0 aliphatic rings. The third-order valence-corrected chi connectivity index (χ3v) is 18.8. The van der Waals surface area contributed by atoms with Crippen LogP contribution in [0.1, 0.15) is 381 Å². The molecular formula is C72H140O17P2. The van der Waals surface area contributed by atoms with Gasteiger partial charge in [-0.1, -0.05) is 329 Å². The molecule has 0 saturated heterocycles. The summed E-state index contributed by atoms with van der Waals surface area (Å²) in [5.74, 6) is -2.12. The average Bonchev–Trinajstić information content (AvgIpc) is 3.27. The number of phosphoric acid groups is 2. The van der Waals surface area contributed by atoms with E-state index in [4.69, 9.17) is 37.0 Å². The summed E-state index contributed by atoms with van der Waals surface area (Å²) in [6, 6.07) is 0. The van der Waals surface area contributed by atoms with Gasteiger partial charge in [-0.25, -0.2) is 9.13 Å². The van der Waals surface area contributed by atoms with Gasteiger partial charge in [-0.05, 0) is 25.7 Å². The fraction of sp³-hybridized carbons (Fsp3) is 0.944. The Bertz CT molecular complexity index is 1740. The van der Waals surface area contributed by atoms with E-state index in [2.05, 4.69) is 27.7 Å². The van der Waals surface area contributed by atoms with Crippen molar-refractivity contribution >= 4 is 39.5 Å². The number of unbranched alkanes of at least 4 members (excludes halogenated alkanes) is 47. The first kappa shape index (κ1) is 89.1. The molecule has 0 aliphatic carbocycles. The molecule has 540 valence electrons. The van der Waals surface area contributed by atoms with E-state index in [1.165, 1.54) is 212 Å². The molecule has 0 fully saturated rings. The summed E-state index contributed by atoms with van der Waals surface area (Å²) in [7, 11) is -9.90. The lowest BCUT2D eigenvalue weighted by Gasteiger charge is -2.21. The van der Waals surface area contributed by atoms with E-state index in [1.807, 2.05) is 0 Å². The van der Waals surface area contributed by atoms with Crippen molar-refractivity contribution in [1.29, 1.82) is 0 Å². The van der Waals surface area contributed by atoms with Gasteiger partial charge in [-0.3, -0.25) is 37.3 Å². The van der Waals surface area contributed by atoms with Crippen molar-refractivity contribution in [2.75, 3.05) is 39.6 Å². The molecule has 0 saturated carbocycles. The summed E-state index contributed by atoms with van der Waals surface area (Å²) < 4.78 is 68.4. The third kappa shape index (κ3) is 66.5. The SMILES string of the molecule is CCCCCCCCCCCCCCCCCCCC(=O)O[C@H](COC(=O)CCCCCCCCCCCCCC)COP(=O)(O)OC[C@@H](O)COP(=O)(O)OC[C@@H](COC(=O)CCCCCCCCCCCC)OC(=O)CCCCCCCCCCCCCC. The number of esters is 4. The average molecular weight is 1340 g/mol. The molecular weight excluding hydrogens is 1200 g/mol. The van der Waals surface area contributed by atoms with Crippen LogP contribution in [-0.2, 0) is 65.4 Å². The first-order valence-corrected chi connectivity index (χ1v) is 40.8. The van der Waals surface area contributed by atoms with Crippen LogP contribution in [0.15, 0.2) is 0 Å². The Labute approximate surface area is 556 Å². The van der Waals surface area contributed by atoms with Crippen molar-refractivity contribution in [3.05, 3.63) is 0 Å². The number of aliphatic hydroxyl groups is 1. The number of carbonyl (C=O) groups is 4. The maximum absolute atomic E-state index is 13.0. The number of hydrogen-bond acceptors (Lipinski definition) is 15. The molecule has 3 N–H and O–H groups in total. The summed E-state index contributed by atoms with van der Waals surface area (Å²) in [5.41, 5.74) is 0. The summed E-state index contributed by atoms with van der Waals surface area (Å²) in [5, 5.41) is 10.6. The van der Waals surface area contributed by atoms with Gasteiger partial charge >= 0.3 is 39.5 Å². The Morgan fingerprint density at radius 1 is 0.264 bits per heavy atom. The molecule has 0 spiro atoms. The van der Waals surface area contributed by atoms with Crippen molar-refractivity contribution in [2.45, 2.75) is 399 Å². The zero-order valence-corrected chi connectivity index (χ0v) is 60.6. The van der Waals surface area contributed by atoms with Crippen LogP contribution in [0.2, 0.25) is 0 Å². The second kappa shape index (κ2) is 66.7. The quantitative estimate of drug-likeness (QED) is 0.0222. The Balaban J connectivity index is 5.23. The van der Waals surface area contributed by atoms with Crippen molar-refractivity contribution in [2.24, 2.45) is 0 Å². The summed E-state index contributed by atoms with van der Waals surface area (Å²) >= 11 is 0. The molecule has 91 heavy (non-hydrogen) atoms. The highest BCUT2D eigenvalue weighted by Gasteiger charge is 2.30. The largest absolute Gasteiger partial charge is 0.472 e. The van der Waals surface area contributed by atoms with Crippen molar-refractivity contribution in [3.8, 4) is 0 Å². The molecule has 5 atom stereocenters. The van der Waals surface area contributed by atoms with E-state index in [9.17, 15) is 43.2 Å². The van der Waals surface area contributed by atoms with E-state index < -0.39 is 97.5 Å². The maximum atomic E-state index is 13.0. The number of aliphatic hydroxyl groups excluding tert-OH is 1. The van der Waals surface area contributed by atoms with Crippen LogP contribution in [0.4, 0.5) is 0 Å². The van der Waals surface area contributed by atoms with Crippen LogP contribution < -0.4 is 0 Å². The summed E-state index contributed by atoms with van der Waals surface area (Å²) in [4.78, 5) is 72.6. The molecule has 17 nitrogen and oxygen atoms in total. The maximum Gasteiger partial charge on any atom is 0.472 e. The monoisotopic (exact) mass is 1340 g/mol. The molecule has 0 amide bonds. The molecule has 0 aliphatic heterocycles. The highest BCUT2D eigenvalue weighted by atomic mass is 31.2. The second-order valence-corrected chi connectivity index (χ2v) is 28.9. The van der Waals surface area contributed by atoms with Crippen LogP contribution in [-0.4, -0.2) is 96.7 Å². The van der Waals surface area contributed by atoms with Crippen LogP contribution in [0.5, 0.6) is 0 Å². The van der Waals surface area contributed by atoms with Gasteiger partial charge in [0.1, 0.15) is 19.3 Å². The normalized spacial score (nSPS) is 14.0. The molecule has 2 unspecified atom stereocenters. The van der Waals surface area contributed by atoms with Crippen LogP contribution in [0, 0.1) is 0 Å². The van der Waals surface area contributed by atoms with Gasteiger partial charge in [-0.15, -0.1) is 0 Å². The fourth-order valence-corrected chi connectivity index (χ4v) is 12.6. The molecule has 19 heteroatoms. The Kier molecular flexibility index (Phi) is 65.2. The Morgan fingerprint density at radius 3 is 0.648 bits per heavy atom. The van der Waals surface area contributed by atoms with E-state index >= 15 is 0 Å². The van der Waals surface area contributed by atoms with Gasteiger partial charge in [-0.2, -0.15) is 0 Å². The van der Waals surface area contributed by atoms with E-state index in [0.29, 0.717) is 25.7 Å². The van der Waals surface area contributed by atoms with Crippen LogP contribution in [0.25, 0.3) is 0 Å². The highest BCUT2D eigenvalue weighted by molar-refractivity contribution is 7.47. The van der Waals surface area contributed by atoms with Gasteiger partial charge in [0.25, 0.3) is 0 Å². The van der Waals surface area contributed by atoms with E-state index in [-0.39, 0.29) is 25.7 Å². The minimum Gasteiger partial charge on any atom is -0.462 e. The molecule has 0 heterocycles. The number of hydrogen-bond donors (Lipinski definition) is 3. The van der Waals surface area contributed by atoms with Gasteiger partial charge in [0.15, 0.2) is 12.2 Å². The highest BCUT2D eigenvalue weighted by Crippen LogP contribution is 2.45. The topological polar surface area (TPSA) is 237 Å². The number of rotatable bonds is 73. The lowest BCUT2D eigenvalue weighted by molar-refractivity contribution is -0.161. The van der Waals surface area contributed by atoms with E-state index in [0.717, 1.165) is 89.9 Å². The third-order valence-electron chi connectivity index (χ3n) is 16.9. The number of carbonyl (C=O) groups excluding carboxylic acids is 4. The van der Waals surface area contributed by atoms with Crippen molar-refractivity contribution in [1.82, 2.24) is 0 Å². The van der Waals surface area contributed by atoms with Crippen LogP contribution in [0.3, 0.4) is 0 Å². The number of phosphoric ester groups is 2. The van der Waals surface area contributed by atoms with Crippen molar-refractivity contribution in [3.63, 3.8) is 0 Å². The van der Waals surface area contributed by atoms with Crippen LogP contribution >= 0.6 is 15.6 Å². The zero-order valence-electron chi connectivity index (χ0n) is 58.8. The standard InChI is InChI=1S/C72H140O17P2/c1-5-9-13-17-21-25-29-32-33-34-35-36-39-43-47-51-55-59-72(77)89-68(63-83-70(75)57-53-49-45-41-37-30-26-22-18-14-10-6-2)65-87-91(80,81)85-61-66(73)60-84-90(78,79)86-64-67(62-82-69(74)56-52-48-44-40-28-24-20-16-12-8-4)88-71(76)58-54-50-46-42-38-31-27-23-19-15-11-7-3/h66-68,73H,5-65H2,1-4H3,(H,78,79)(H,80,81)/t66-,67+,68+/m0/s1.